The number of amides is 1. The summed E-state index contributed by atoms with van der Waals surface area (Å²) in [7, 11) is 0. The third-order valence-corrected chi connectivity index (χ3v) is 3.39. The molecule has 1 aromatic carbocycles. The molecule has 2 rings (SSSR count). The molecule has 1 heterocycles. The number of carboxylic acid groups (broad SMARTS) is 1. The van der Waals surface area contributed by atoms with E-state index in [1.165, 1.54) is 6.20 Å². The lowest BCUT2D eigenvalue weighted by Gasteiger charge is -2.29. The summed E-state index contributed by atoms with van der Waals surface area (Å²) in [6, 6.07) is 13.6. The van der Waals surface area contributed by atoms with Crippen LogP contribution in [-0.4, -0.2) is 22.0 Å². The average molecular weight is 284 g/mol. The minimum Gasteiger partial charge on any atom is -0.479 e. The number of pyridine rings is 1. The Labute approximate surface area is 122 Å². The number of hydrogen-bond donors (Lipinski definition) is 2. The molecule has 0 bridgehead atoms. The van der Waals surface area contributed by atoms with Crippen molar-refractivity contribution in [2.45, 2.75) is 18.9 Å². The van der Waals surface area contributed by atoms with Crippen LogP contribution in [0.1, 0.15) is 29.4 Å². The molecular formula is C16H16N2O3. The van der Waals surface area contributed by atoms with Gasteiger partial charge in [0, 0.05) is 6.20 Å². The lowest BCUT2D eigenvalue weighted by Crippen LogP contribution is -2.51. The van der Waals surface area contributed by atoms with E-state index in [0.717, 1.165) is 0 Å². The van der Waals surface area contributed by atoms with Crippen LogP contribution in [0, 0.1) is 0 Å². The van der Waals surface area contributed by atoms with Crippen LogP contribution in [0.4, 0.5) is 0 Å². The highest BCUT2D eigenvalue weighted by molar-refractivity contribution is 5.96. The van der Waals surface area contributed by atoms with E-state index in [-0.39, 0.29) is 12.1 Å². The summed E-state index contributed by atoms with van der Waals surface area (Å²) in [4.78, 5) is 28.0. The molecule has 0 radical (unpaired) electrons. The Morgan fingerprint density at radius 2 is 1.81 bits per heavy atom. The van der Waals surface area contributed by atoms with Gasteiger partial charge in [-0.1, -0.05) is 43.3 Å². The van der Waals surface area contributed by atoms with Gasteiger partial charge >= 0.3 is 5.97 Å². The second kappa shape index (κ2) is 6.17. The van der Waals surface area contributed by atoms with Crippen molar-refractivity contribution in [1.82, 2.24) is 10.3 Å². The SMILES string of the molecule is CCC(NC(=O)c1ccccn1)(C(=O)O)c1ccccc1. The first-order chi connectivity index (χ1) is 10.1. The lowest BCUT2D eigenvalue weighted by atomic mass is 9.87. The average Bonchev–Trinajstić information content (AvgIpc) is 2.54. The molecule has 0 aliphatic rings. The molecule has 2 N–H and O–H groups in total. The maximum Gasteiger partial charge on any atom is 0.334 e. The highest BCUT2D eigenvalue weighted by Crippen LogP contribution is 2.25. The number of rotatable bonds is 5. The molecule has 1 aromatic heterocycles. The Balaban J connectivity index is 2.38. The summed E-state index contributed by atoms with van der Waals surface area (Å²) < 4.78 is 0. The van der Waals surface area contributed by atoms with Crippen molar-refractivity contribution in [2.24, 2.45) is 0 Å². The number of nitrogens with zero attached hydrogens (tertiary/aromatic N) is 1. The molecular weight excluding hydrogens is 268 g/mol. The third-order valence-electron chi connectivity index (χ3n) is 3.39. The quantitative estimate of drug-likeness (QED) is 0.882. The maximum atomic E-state index is 12.3. The van der Waals surface area contributed by atoms with Crippen LogP contribution in [0.5, 0.6) is 0 Å². The number of aliphatic carboxylic acids is 1. The normalized spacial score (nSPS) is 13.2. The zero-order valence-corrected chi connectivity index (χ0v) is 11.6. The van der Waals surface area contributed by atoms with Gasteiger partial charge in [0.15, 0.2) is 5.54 Å². The zero-order valence-electron chi connectivity index (χ0n) is 11.6. The number of carbonyl (C=O) groups is 2. The highest BCUT2D eigenvalue weighted by atomic mass is 16.4. The van der Waals surface area contributed by atoms with E-state index in [4.69, 9.17) is 0 Å². The summed E-state index contributed by atoms with van der Waals surface area (Å²) in [5.41, 5.74) is -0.743. The monoisotopic (exact) mass is 284 g/mol. The summed E-state index contributed by atoms with van der Waals surface area (Å²) >= 11 is 0. The molecule has 5 nitrogen and oxygen atoms in total. The fourth-order valence-corrected chi connectivity index (χ4v) is 2.17. The second-order valence-corrected chi connectivity index (χ2v) is 4.60. The van der Waals surface area contributed by atoms with Gasteiger partial charge in [-0.3, -0.25) is 9.78 Å². The first-order valence-corrected chi connectivity index (χ1v) is 6.62. The molecule has 5 heteroatoms. The van der Waals surface area contributed by atoms with Crippen molar-refractivity contribution < 1.29 is 14.7 Å². The first-order valence-electron chi connectivity index (χ1n) is 6.62. The topological polar surface area (TPSA) is 79.3 Å². The van der Waals surface area contributed by atoms with Gasteiger partial charge < -0.3 is 10.4 Å². The minimum absolute atomic E-state index is 0.188. The molecule has 2 aromatic rings. The van der Waals surface area contributed by atoms with Crippen LogP contribution in [0.15, 0.2) is 54.7 Å². The number of carbonyl (C=O) groups excluding carboxylic acids is 1. The predicted molar refractivity (Wildman–Crippen MR) is 77.8 cm³/mol. The molecule has 0 saturated heterocycles. The Morgan fingerprint density at radius 3 is 2.33 bits per heavy atom. The predicted octanol–water partition coefficient (Wildman–Crippen LogP) is 2.20. The van der Waals surface area contributed by atoms with Crippen LogP contribution in [0.25, 0.3) is 0 Å². The fraction of sp³-hybridized carbons (Fsp3) is 0.188. The van der Waals surface area contributed by atoms with Gasteiger partial charge in [-0.05, 0) is 24.1 Å². The summed E-state index contributed by atoms with van der Waals surface area (Å²) in [5, 5.41) is 12.2. The van der Waals surface area contributed by atoms with Crippen molar-refractivity contribution in [3.05, 3.63) is 66.0 Å². The van der Waals surface area contributed by atoms with Crippen LogP contribution >= 0.6 is 0 Å². The molecule has 0 aliphatic carbocycles. The van der Waals surface area contributed by atoms with Gasteiger partial charge in [-0.2, -0.15) is 0 Å². The van der Waals surface area contributed by atoms with Gasteiger partial charge in [0.1, 0.15) is 5.69 Å². The zero-order chi connectivity index (χ0) is 15.3. The third kappa shape index (κ3) is 2.91. The molecule has 0 spiro atoms. The summed E-state index contributed by atoms with van der Waals surface area (Å²) in [6.07, 6.45) is 1.72. The fourth-order valence-electron chi connectivity index (χ4n) is 2.17. The van der Waals surface area contributed by atoms with E-state index in [0.29, 0.717) is 5.56 Å². The van der Waals surface area contributed by atoms with E-state index < -0.39 is 17.4 Å². The van der Waals surface area contributed by atoms with Gasteiger partial charge in [-0.25, -0.2) is 4.79 Å². The molecule has 0 saturated carbocycles. The molecule has 1 amide bonds. The van der Waals surface area contributed by atoms with Crippen molar-refractivity contribution in [1.29, 1.82) is 0 Å². The number of carboxylic acids is 1. The molecule has 108 valence electrons. The molecule has 1 unspecified atom stereocenters. The second-order valence-electron chi connectivity index (χ2n) is 4.60. The van der Waals surface area contributed by atoms with Crippen LogP contribution in [0.3, 0.4) is 0 Å². The summed E-state index contributed by atoms with van der Waals surface area (Å²) in [5.74, 6) is -1.61. The van der Waals surface area contributed by atoms with Crippen molar-refractivity contribution >= 4 is 11.9 Å². The van der Waals surface area contributed by atoms with Crippen LogP contribution in [-0.2, 0) is 10.3 Å². The Kier molecular flexibility index (Phi) is 4.33. The first kappa shape index (κ1) is 14.7. The van der Waals surface area contributed by atoms with E-state index in [1.807, 2.05) is 0 Å². The number of nitrogens with one attached hydrogen (secondary N) is 1. The Hall–Kier alpha value is -2.69. The number of benzene rings is 1. The lowest BCUT2D eigenvalue weighted by molar-refractivity contribution is -0.145. The van der Waals surface area contributed by atoms with Gasteiger partial charge in [-0.15, -0.1) is 0 Å². The Morgan fingerprint density at radius 1 is 1.14 bits per heavy atom. The maximum absolute atomic E-state index is 12.3. The van der Waals surface area contributed by atoms with Crippen LogP contribution in [0.2, 0.25) is 0 Å². The summed E-state index contributed by atoms with van der Waals surface area (Å²) in [6.45, 7) is 1.72. The molecule has 1 atom stereocenters. The largest absolute Gasteiger partial charge is 0.479 e. The van der Waals surface area contributed by atoms with E-state index in [2.05, 4.69) is 10.3 Å². The van der Waals surface area contributed by atoms with Crippen molar-refractivity contribution in [3.8, 4) is 0 Å². The highest BCUT2D eigenvalue weighted by Gasteiger charge is 2.40. The van der Waals surface area contributed by atoms with Gasteiger partial charge in [0.2, 0.25) is 0 Å². The smallest absolute Gasteiger partial charge is 0.334 e. The molecule has 0 aliphatic heterocycles. The Bertz CT molecular complexity index is 628. The standard InChI is InChI=1S/C16H16N2O3/c1-2-16(15(20)21,12-8-4-3-5-9-12)18-14(19)13-10-6-7-11-17-13/h3-11H,2H2,1H3,(H,18,19)(H,20,21). The number of aromatic nitrogens is 1. The van der Waals surface area contributed by atoms with Gasteiger partial charge in [0.05, 0.1) is 0 Å². The van der Waals surface area contributed by atoms with E-state index in [1.54, 1.807) is 55.5 Å². The van der Waals surface area contributed by atoms with Crippen molar-refractivity contribution in [2.75, 3.05) is 0 Å². The van der Waals surface area contributed by atoms with Gasteiger partial charge in [0.25, 0.3) is 5.91 Å². The van der Waals surface area contributed by atoms with E-state index >= 15 is 0 Å². The van der Waals surface area contributed by atoms with Crippen molar-refractivity contribution in [3.63, 3.8) is 0 Å². The minimum atomic E-state index is -1.46. The van der Waals surface area contributed by atoms with Crippen LogP contribution < -0.4 is 5.32 Å². The molecule has 21 heavy (non-hydrogen) atoms. The number of hydrogen-bond acceptors (Lipinski definition) is 3. The molecule has 0 fully saturated rings. The van der Waals surface area contributed by atoms with E-state index in [9.17, 15) is 14.7 Å².